The maximum atomic E-state index is 14.1. The van der Waals surface area contributed by atoms with E-state index in [1.165, 1.54) is 41.7 Å². The normalized spacial score (nSPS) is 16.4. The number of methoxy groups -OCH3 is 1. The largest absolute Gasteiger partial charge is 0.497 e. The van der Waals surface area contributed by atoms with E-state index in [2.05, 4.69) is 5.32 Å². The average molecular weight is 440 g/mol. The van der Waals surface area contributed by atoms with Gasteiger partial charge in [-0.1, -0.05) is 36.4 Å². The van der Waals surface area contributed by atoms with Crippen LogP contribution in [0.1, 0.15) is 11.1 Å². The highest BCUT2D eigenvalue weighted by atomic mass is 32.2. The van der Waals surface area contributed by atoms with Gasteiger partial charge in [-0.3, -0.25) is 4.79 Å². The zero-order valence-corrected chi connectivity index (χ0v) is 17.6. The minimum absolute atomic E-state index is 0.00755. The van der Waals surface area contributed by atoms with Gasteiger partial charge in [-0.05, 0) is 53.9 Å². The van der Waals surface area contributed by atoms with Gasteiger partial charge in [-0.2, -0.15) is 4.31 Å². The molecule has 1 atom stereocenters. The van der Waals surface area contributed by atoms with Crippen molar-refractivity contribution in [3.8, 4) is 5.75 Å². The summed E-state index contributed by atoms with van der Waals surface area (Å²) in [6.07, 6.45) is 0.186. The molecule has 1 amide bonds. The van der Waals surface area contributed by atoms with E-state index in [0.717, 1.165) is 11.1 Å². The molecule has 0 aliphatic carbocycles. The first-order chi connectivity index (χ1) is 14.9. The lowest BCUT2D eigenvalue weighted by Crippen LogP contribution is -2.50. The molecule has 8 heteroatoms. The number of carbonyl (C=O) groups is 1. The number of fused-ring (bicyclic) bond motifs is 1. The van der Waals surface area contributed by atoms with E-state index >= 15 is 0 Å². The van der Waals surface area contributed by atoms with Gasteiger partial charge >= 0.3 is 0 Å². The number of sulfonamides is 1. The number of anilines is 1. The first-order valence-corrected chi connectivity index (χ1v) is 11.1. The predicted octanol–water partition coefficient (Wildman–Crippen LogP) is 3.59. The fourth-order valence-electron chi connectivity index (χ4n) is 3.64. The Bertz CT molecular complexity index is 1210. The number of rotatable bonds is 5. The monoisotopic (exact) mass is 440 g/mol. The van der Waals surface area contributed by atoms with Crippen LogP contribution in [0.25, 0.3) is 0 Å². The van der Waals surface area contributed by atoms with Crippen LogP contribution < -0.4 is 10.1 Å². The topological polar surface area (TPSA) is 75.7 Å². The number of para-hydroxylation sites is 1. The molecule has 0 unspecified atom stereocenters. The Morgan fingerprint density at radius 1 is 1.00 bits per heavy atom. The van der Waals surface area contributed by atoms with E-state index < -0.39 is 27.8 Å². The Hall–Kier alpha value is -3.23. The van der Waals surface area contributed by atoms with E-state index in [1.54, 1.807) is 18.2 Å². The zero-order chi connectivity index (χ0) is 22.0. The van der Waals surface area contributed by atoms with Gasteiger partial charge in [0.15, 0.2) is 0 Å². The van der Waals surface area contributed by atoms with Gasteiger partial charge in [0.05, 0.1) is 17.7 Å². The number of nitrogens with zero attached hydrogens (tertiary/aromatic N) is 1. The molecular formula is C23H21FN2O4S. The quantitative estimate of drug-likeness (QED) is 0.658. The number of carbonyl (C=O) groups excluding carboxylic acids is 1. The summed E-state index contributed by atoms with van der Waals surface area (Å²) >= 11 is 0. The van der Waals surface area contributed by atoms with Crippen molar-refractivity contribution in [3.63, 3.8) is 0 Å². The van der Waals surface area contributed by atoms with Gasteiger partial charge in [0.1, 0.15) is 17.6 Å². The second-order valence-electron chi connectivity index (χ2n) is 7.18. The molecule has 3 aromatic carbocycles. The molecule has 0 radical (unpaired) electrons. The molecule has 0 spiro atoms. The molecule has 0 saturated carbocycles. The van der Waals surface area contributed by atoms with E-state index in [4.69, 9.17) is 4.74 Å². The standard InChI is InChI=1S/C23H21FN2O4S/c1-30-18-10-12-19(13-11-18)31(28,29)26-15-17-7-3-2-6-16(17)14-22(26)23(27)25-21-9-5-4-8-20(21)24/h2-13,22H,14-15H2,1H3,(H,25,27)/t22-/m1/s1. The summed E-state index contributed by atoms with van der Waals surface area (Å²) in [5.41, 5.74) is 1.72. The zero-order valence-electron chi connectivity index (χ0n) is 16.8. The number of amides is 1. The second kappa shape index (κ2) is 8.49. The van der Waals surface area contributed by atoms with Crippen LogP contribution in [-0.2, 0) is 27.8 Å². The molecule has 160 valence electrons. The van der Waals surface area contributed by atoms with E-state index in [9.17, 15) is 17.6 Å². The molecule has 4 rings (SSSR count). The minimum Gasteiger partial charge on any atom is -0.497 e. The lowest BCUT2D eigenvalue weighted by molar-refractivity contribution is -0.120. The van der Waals surface area contributed by atoms with E-state index in [-0.39, 0.29) is 23.5 Å². The maximum Gasteiger partial charge on any atom is 0.244 e. The summed E-state index contributed by atoms with van der Waals surface area (Å²) in [7, 11) is -2.51. The fraction of sp³-hybridized carbons (Fsp3) is 0.174. The minimum atomic E-state index is -4.00. The van der Waals surface area contributed by atoms with Gasteiger partial charge in [-0.25, -0.2) is 12.8 Å². The summed E-state index contributed by atoms with van der Waals surface area (Å²) in [6, 6.07) is 18.1. The van der Waals surface area contributed by atoms with Crippen LogP contribution in [0.3, 0.4) is 0 Å². The number of hydrogen-bond donors (Lipinski definition) is 1. The lowest BCUT2D eigenvalue weighted by atomic mass is 9.95. The fourth-order valence-corrected chi connectivity index (χ4v) is 5.20. The van der Waals surface area contributed by atoms with Crippen LogP contribution in [0.4, 0.5) is 10.1 Å². The van der Waals surface area contributed by atoms with Crippen molar-refractivity contribution in [1.82, 2.24) is 4.31 Å². The summed E-state index contributed by atoms with van der Waals surface area (Å²) in [5, 5.41) is 2.54. The third kappa shape index (κ3) is 4.17. The van der Waals surface area contributed by atoms with Crippen LogP contribution in [-0.4, -0.2) is 31.8 Å². The SMILES string of the molecule is COc1ccc(S(=O)(=O)N2Cc3ccccc3C[C@@H]2C(=O)Nc2ccccc2F)cc1. The van der Waals surface area contributed by atoms with Crippen molar-refractivity contribution >= 4 is 21.6 Å². The lowest BCUT2D eigenvalue weighted by Gasteiger charge is -2.35. The molecule has 6 nitrogen and oxygen atoms in total. The predicted molar refractivity (Wildman–Crippen MR) is 115 cm³/mol. The van der Waals surface area contributed by atoms with Crippen molar-refractivity contribution in [3.05, 3.63) is 89.7 Å². The molecule has 1 aliphatic rings. The van der Waals surface area contributed by atoms with E-state index in [0.29, 0.717) is 5.75 Å². The molecule has 0 aromatic heterocycles. The van der Waals surface area contributed by atoms with E-state index in [1.807, 2.05) is 24.3 Å². The third-order valence-electron chi connectivity index (χ3n) is 5.31. The summed E-state index contributed by atoms with van der Waals surface area (Å²) in [5.74, 6) is -0.648. The Labute approximate surface area is 180 Å². The number of benzene rings is 3. The molecule has 1 N–H and O–H groups in total. The van der Waals surface area contributed by atoms with Crippen LogP contribution >= 0.6 is 0 Å². The van der Waals surface area contributed by atoms with Gasteiger partial charge in [-0.15, -0.1) is 0 Å². The van der Waals surface area contributed by atoms with Gasteiger partial charge < -0.3 is 10.1 Å². The summed E-state index contributed by atoms with van der Waals surface area (Å²) in [4.78, 5) is 13.2. The van der Waals surface area contributed by atoms with Crippen LogP contribution in [0, 0.1) is 5.82 Å². The van der Waals surface area contributed by atoms with Crippen LogP contribution in [0.15, 0.2) is 77.7 Å². The Balaban J connectivity index is 1.71. The summed E-state index contributed by atoms with van der Waals surface area (Å²) < 4.78 is 47.3. The van der Waals surface area contributed by atoms with Gasteiger partial charge in [0, 0.05) is 6.54 Å². The van der Waals surface area contributed by atoms with Crippen LogP contribution in [0.2, 0.25) is 0 Å². The molecule has 3 aromatic rings. The van der Waals surface area contributed by atoms with Crippen molar-refractivity contribution in [2.75, 3.05) is 12.4 Å². The van der Waals surface area contributed by atoms with Gasteiger partial charge in [0.25, 0.3) is 0 Å². The van der Waals surface area contributed by atoms with Gasteiger partial charge in [0.2, 0.25) is 15.9 Å². The van der Waals surface area contributed by atoms with Crippen molar-refractivity contribution < 1.29 is 22.3 Å². The maximum absolute atomic E-state index is 14.1. The molecule has 31 heavy (non-hydrogen) atoms. The van der Waals surface area contributed by atoms with Crippen molar-refractivity contribution in [2.24, 2.45) is 0 Å². The highest BCUT2D eigenvalue weighted by molar-refractivity contribution is 7.89. The highest BCUT2D eigenvalue weighted by Crippen LogP contribution is 2.30. The number of ether oxygens (including phenoxy) is 1. The number of halogens is 1. The average Bonchev–Trinajstić information content (AvgIpc) is 2.79. The molecule has 0 fully saturated rings. The molecule has 1 heterocycles. The highest BCUT2D eigenvalue weighted by Gasteiger charge is 2.39. The molecule has 0 saturated heterocycles. The first-order valence-electron chi connectivity index (χ1n) is 9.68. The molecule has 0 bridgehead atoms. The first kappa shape index (κ1) is 21.0. The number of nitrogens with one attached hydrogen (secondary N) is 1. The van der Waals surface area contributed by atoms with Crippen LogP contribution in [0.5, 0.6) is 5.75 Å². The number of hydrogen-bond acceptors (Lipinski definition) is 4. The summed E-state index contributed by atoms with van der Waals surface area (Å²) in [6.45, 7) is 0.0416. The Kier molecular flexibility index (Phi) is 5.75. The Morgan fingerprint density at radius 3 is 2.32 bits per heavy atom. The van der Waals surface area contributed by atoms with Crippen molar-refractivity contribution in [1.29, 1.82) is 0 Å². The Morgan fingerprint density at radius 2 is 1.65 bits per heavy atom. The molecule has 1 aliphatic heterocycles. The second-order valence-corrected chi connectivity index (χ2v) is 9.07. The van der Waals surface area contributed by atoms with Crippen molar-refractivity contribution in [2.45, 2.75) is 23.9 Å². The third-order valence-corrected chi connectivity index (χ3v) is 7.17. The smallest absolute Gasteiger partial charge is 0.244 e. The molecular weight excluding hydrogens is 419 g/mol.